The first kappa shape index (κ1) is 17.3. The monoisotopic (exact) mass is 410 g/mol. The van der Waals surface area contributed by atoms with Crippen molar-refractivity contribution in [3.05, 3.63) is 103 Å². The number of nitrogens with zero attached hydrogens (tertiary/aromatic N) is 1. The summed E-state index contributed by atoms with van der Waals surface area (Å²) < 4.78 is 6.12. The predicted octanol–water partition coefficient (Wildman–Crippen LogP) is 8.18. The average molecular weight is 410 g/mol. The second-order valence-corrected chi connectivity index (χ2v) is 8.17. The third kappa shape index (κ3) is 2.51. The molecule has 2 aromatic heterocycles. The number of anilines is 2. The second-order valence-electron chi connectivity index (χ2n) is 8.17. The van der Waals surface area contributed by atoms with Gasteiger partial charge in [0.05, 0.1) is 11.9 Å². The van der Waals surface area contributed by atoms with Crippen molar-refractivity contribution in [2.75, 3.05) is 5.32 Å². The molecule has 0 aliphatic heterocycles. The summed E-state index contributed by atoms with van der Waals surface area (Å²) in [5.41, 5.74) is 3.63. The maximum absolute atomic E-state index is 6.12. The Morgan fingerprint density at radius 3 is 2.41 bits per heavy atom. The molecular weight excluding hydrogens is 392 g/mol. The minimum absolute atomic E-state index is 0.800. The van der Waals surface area contributed by atoms with E-state index in [2.05, 4.69) is 95.2 Å². The van der Waals surface area contributed by atoms with Gasteiger partial charge in [-0.05, 0) is 56.6 Å². The molecule has 0 amide bonds. The molecule has 32 heavy (non-hydrogen) atoms. The molecule has 150 valence electrons. The summed E-state index contributed by atoms with van der Waals surface area (Å²) in [5, 5.41) is 13.3. The van der Waals surface area contributed by atoms with Crippen molar-refractivity contribution in [3.8, 4) is 0 Å². The summed E-state index contributed by atoms with van der Waals surface area (Å²) in [6.45, 7) is 0. The van der Waals surface area contributed by atoms with Gasteiger partial charge in [-0.1, -0.05) is 66.7 Å². The molecule has 2 heterocycles. The van der Waals surface area contributed by atoms with Gasteiger partial charge < -0.3 is 9.73 Å². The van der Waals surface area contributed by atoms with E-state index in [4.69, 9.17) is 4.42 Å². The van der Waals surface area contributed by atoms with Gasteiger partial charge in [-0.15, -0.1) is 0 Å². The van der Waals surface area contributed by atoms with Crippen LogP contribution < -0.4 is 5.32 Å². The van der Waals surface area contributed by atoms with Gasteiger partial charge in [-0.2, -0.15) is 0 Å². The highest BCUT2D eigenvalue weighted by molar-refractivity contribution is 6.20. The average Bonchev–Trinajstić information content (AvgIpc) is 3.23. The Kier molecular flexibility index (Phi) is 3.55. The van der Waals surface area contributed by atoms with Gasteiger partial charge in [0, 0.05) is 22.7 Å². The number of para-hydroxylation sites is 1. The van der Waals surface area contributed by atoms with E-state index in [1.165, 1.54) is 32.3 Å². The van der Waals surface area contributed by atoms with Gasteiger partial charge in [0.1, 0.15) is 0 Å². The summed E-state index contributed by atoms with van der Waals surface area (Å²) >= 11 is 0. The van der Waals surface area contributed by atoms with Crippen LogP contribution in [0.1, 0.15) is 0 Å². The topological polar surface area (TPSA) is 38.1 Å². The van der Waals surface area contributed by atoms with Gasteiger partial charge in [-0.25, -0.2) is 0 Å². The number of aromatic nitrogens is 1. The standard InChI is InChI=1S/C29H18N2O/c1-2-5-22-18(4-1)8-9-19-10-11-20-16-21(12-13-23(20)28(19)22)31-26-7-3-6-25-24-14-15-30-17-27(24)32-29(25)26/h1-17,31H. The Labute approximate surface area is 183 Å². The molecule has 0 aliphatic rings. The summed E-state index contributed by atoms with van der Waals surface area (Å²) in [7, 11) is 0. The first-order valence-corrected chi connectivity index (χ1v) is 10.7. The van der Waals surface area contributed by atoms with E-state index < -0.39 is 0 Å². The fourth-order valence-electron chi connectivity index (χ4n) is 4.82. The molecule has 5 aromatic carbocycles. The first-order valence-electron chi connectivity index (χ1n) is 10.7. The molecule has 0 unspecified atom stereocenters. The molecule has 0 atom stereocenters. The van der Waals surface area contributed by atoms with Gasteiger partial charge in [0.15, 0.2) is 11.2 Å². The zero-order valence-electron chi connectivity index (χ0n) is 17.2. The highest BCUT2D eigenvalue weighted by Gasteiger charge is 2.11. The number of benzene rings is 5. The van der Waals surface area contributed by atoms with Crippen molar-refractivity contribution in [2.45, 2.75) is 0 Å². The quantitative estimate of drug-likeness (QED) is 0.292. The largest absolute Gasteiger partial charge is 0.452 e. The van der Waals surface area contributed by atoms with E-state index in [0.717, 1.165) is 33.3 Å². The lowest BCUT2D eigenvalue weighted by molar-refractivity contribution is 0.668. The van der Waals surface area contributed by atoms with Crippen molar-refractivity contribution in [1.29, 1.82) is 0 Å². The third-order valence-corrected chi connectivity index (χ3v) is 6.31. The zero-order valence-corrected chi connectivity index (χ0v) is 17.2. The van der Waals surface area contributed by atoms with Gasteiger partial charge >= 0.3 is 0 Å². The lowest BCUT2D eigenvalue weighted by Gasteiger charge is -2.11. The van der Waals surface area contributed by atoms with Crippen LogP contribution in [-0.2, 0) is 0 Å². The minimum Gasteiger partial charge on any atom is -0.452 e. The molecule has 0 radical (unpaired) electrons. The molecule has 0 fully saturated rings. The molecule has 0 saturated carbocycles. The molecule has 3 nitrogen and oxygen atoms in total. The summed E-state index contributed by atoms with van der Waals surface area (Å²) in [6.07, 6.45) is 3.57. The van der Waals surface area contributed by atoms with Crippen LogP contribution in [0.25, 0.3) is 54.3 Å². The van der Waals surface area contributed by atoms with Crippen LogP contribution in [0.2, 0.25) is 0 Å². The van der Waals surface area contributed by atoms with Crippen molar-refractivity contribution < 1.29 is 4.42 Å². The molecule has 0 bridgehead atoms. The lowest BCUT2D eigenvalue weighted by Crippen LogP contribution is -1.91. The number of rotatable bonds is 2. The van der Waals surface area contributed by atoms with E-state index in [9.17, 15) is 0 Å². The van der Waals surface area contributed by atoms with E-state index in [1.807, 2.05) is 6.07 Å². The third-order valence-electron chi connectivity index (χ3n) is 6.31. The van der Waals surface area contributed by atoms with Crippen LogP contribution in [-0.4, -0.2) is 4.98 Å². The number of pyridine rings is 1. The van der Waals surface area contributed by atoms with Crippen LogP contribution in [0.15, 0.2) is 108 Å². The number of hydrogen-bond acceptors (Lipinski definition) is 3. The van der Waals surface area contributed by atoms with E-state index >= 15 is 0 Å². The molecule has 7 rings (SSSR count). The van der Waals surface area contributed by atoms with Crippen molar-refractivity contribution in [2.24, 2.45) is 0 Å². The SMILES string of the molecule is c1ccc2c(c1)ccc1ccc3cc(Nc4cccc5c4oc4cnccc45)ccc3c12. The zero-order chi connectivity index (χ0) is 21.1. The highest BCUT2D eigenvalue weighted by atomic mass is 16.3. The summed E-state index contributed by atoms with van der Waals surface area (Å²) in [6, 6.07) is 32.2. The van der Waals surface area contributed by atoms with E-state index in [0.29, 0.717) is 0 Å². The Morgan fingerprint density at radius 1 is 0.625 bits per heavy atom. The maximum atomic E-state index is 6.12. The van der Waals surface area contributed by atoms with Gasteiger partial charge in [0.2, 0.25) is 0 Å². The summed E-state index contributed by atoms with van der Waals surface area (Å²) in [4.78, 5) is 4.19. The van der Waals surface area contributed by atoms with Crippen LogP contribution in [0.5, 0.6) is 0 Å². The molecule has 1 N–H and O–H groups in total. The van der Waals surface area contributed by atoms with Gasteiger partial charge in [0.25, 0.3) is 0 Å². The first-order chi connectivity index (χ1) is 15.8. The van der Waals surface area contributed by atoms with Crippen LogP contribution in [0.4, 0.5) is 11.4 Å². The Morgan fingerprint density at radius 2 is 1.44 bits per heavy atom. The van der Waals surface area contributed by atoms with Crippen molar-refractivity contribution >= 4 is 65.6 Å². The number of fused-ring (bicyclic) bond motifs is 8. The fraction of sp³-hybridized carbons (Fsp3) is 0. The second kappa shape index (κ2) is 6.56. The number of nitrogens with one attached hydrogen (secondary N) is 1. The number of hydrogen-bond donors (Lipinski definition) is 1. The fourth-order valence-corrected chi connectivity index (χ4v) is 4.82. The normalized spacial score (nSPS) is 11.8. The Balaban J connectivity index is 1.39. The molecule has 7 aromatic rings. The van der Waals surface area contributed by atoms with Crippen LogP contribution in [0, 0.1) is 0 Å². The van der Waals surface area contributed by atoms with Crippen molar-refractivity contribution in [3.63, 3.8) is 0 Å². The predicted molar refractivity (Wildman–Crippen MR) is 134 cm³/mol. The highest BCUT2D eigenvalue weighted by Crippen LogP contribution is 2.36. The molecular formula is C29H18N2O. The summed E-state index contributed by atoms with van der Waals surface area (Å²) in [5.74, 6) is 0. The van der Waals surface area contributed by atoms with E-state index in [-0.39, 0.29) is 0 Å². The molecule has 0 aliphatic carbocycles. The molecule has 0 spiro atoms. The van der Waals surface area contributed by atoms with E-state index in [1.54, 1.807) is 12.4 Å². The molecule has 3 heteroatoms. The number of furan rings is 1. The van der Waals surface area contributed by atoms with Gasteiger partial charge in [-0.3, -0.25) is 4.98 Å². The smallest absolute Gasteiger partial charge is 0.158 e. The molecule has 0 saturated heterocycles. The lowest BCUT2D eigenvalue weighted by atomic mass is 9.96. The Hall–Kier alpha value is -4.37. The van der Waals surface area contributed by atoms with Crippen molar-refractivity contribution in [1.82, 2.24) is 4.98 Å². The Bertz CT molecular complexity index is 1810. The minimum atomic E-state index is 0.800. The van der Waals surface area contributed by atoms with Crippen LogP contribution in [0.3, 0.4) is 0 Å². The maximum Gasteiger partial charge on any atom is 0.158 e. The van der Waals surface area contributed by atoms with Crippen LogP contribution >= 0.6 is 0 Å².